The highest BCUT2D eigenvalue weighted by Gasteiger charge is 2.26. The van der Waals surface area contributed by atoms with Crippen LogP contribution >= 0.6 is 12.4 Å². The Morgan fingerprint density at radius 3 is 2.24 bits per heavy atom. The third kappa shape index (κ3) is 7.07. The van der Waals surface area contributed by atoms with Gasteiger partial charge in [-0.3, -0.25) is 14.5 Å². The van der Waals surface area contributed by atoms with Gasteiger partial charge in [0.1, 0.15) is 0 Å². The summed E-state index contributed by atoms with van der Waals surface area (Å²) in [6, 6.07) is 21.3. The lowest BCUT2D eigenvalue weighted by molar-refractivity contribution is -0.119. The van der Waals surface area contributed by atoms with Crippen molar-refractivity contribution in [1.29, 1.82) is 0 Å². The third-order valence-electron chi connectivity index (χ3n) is 7.88. The first-order chi connectivity index (χ1) is 21.2. The van der Waals surface area contributed by atoms with Crippen molar-refractivity contribution in [3.8, 4) is 5.88 Å². The molecular weight excluding hydrogens is 596 g/mol. The highest BCUT2D eigenvalue weighted by molar-refractivity contribution is 6.23. The van der Waals surface area contributed by atoms with Crippen LogP contribution in [0.15, 0.2) is 77.8 Å². The second-order valence-electron chi connectivity index (χ2n) is 10.7. The van der Waals surface area contributed by atoms with Crippen molar-refractivity contribution < 1.29 is 24.2 Å². The van der Waals surface area contributed by atoms with Crippen LogP contribution in [-0.2, 0) is 9.53 Å². The van der Waals surface area contributed by atoms with E-state index < -0.39 is 11.9 Å². The van der Waals surface area contributed by atoms with Crippen molar-refractivity contribution in [1.82, 2.24) is 14.4 Å². The molecule has 4 aromatic rings. The van der Waals surface area contributed by atoms with Crippen LogP contribution in [0.2, 0.25) is 0 Å². The fourth-order valence-electron chi connectivity index (χ4n) is 5.28. The second kappa shape index (κ2) is 14.5. The number of benzene rings is 3. The zero-order valence-electron chi connectivity index (χ0n) is 25.5. The normalized spacial score (nSPS) is 14.2. The topological polar surface area (TPSA) is 134 Å². The first kappa shape index (κ1) is 33.3. The average molecular weight is 633 g/mol. The first-order valence-corrected chi connectivity index (χ1v) is 14.3. The van der Waals surface area contributed by atoms with Gasteiger partial charge in [-0.15, -0.1) is 12.4 Å². The molecule has 3 N–H and O–H groups in total. The number of nitrogens with two attached hydrogens (primary N) is 1. The van der Waals surface area contributed by atoms with Gasteiger partial charge in [0.15, 0.2) is 0 Å². The summed E-state index contributed by atoms with van der Waals surface area (Å²) < 4.78 is 5.95. The SMILES string of the molecule is COC(=O)c1ccc2c(C(=Nc3ccc(N(C)C(=O)CN4CCN(C)CC4)cc3)c3ccccc3)c(O)n(C(=O)CN)c2c1.Cl. The van der Waals surface area contributed by atoms with Gasteiger partial charge < -0.3 is 25.4 Å². The summed E-state index contributed by atoms with van der Waals surface area (Å²) >= 11 is 0. The van der Waals surface area contributed by atoms with E-state index in [0.29, 0.717) is 40.0 Å². The van der Waals surface area contributed by atoms with Gasteiger partial charge in [-0.05, 0) is 43.4 Å². The molecule has 1 aromatic heterocycles. The fraction of sp³-hybridized carbons (Fsp3) is 0.273. The van der Waals surface area contributed by atoms with Gasteiger partial charge in [-0.2, -0.15) is 0 Å². The Morgan fingerprint density at radius 2 is 1.62 bits per heavy atom. The molecule has 0 unspecified atom stereocenters. The van der Waals surface area contributed by atoms with Crippen LogP contribution in [0, 0.1) is 0 Å². The molecule has 0 atom stereocenters. The number of nitrogens with zero attached hydrogens (tertiary/aromatic N) is 5. The smallest absolute Gasteiger partial charge is 0.337 e. The predicted molar refractivity (Wildman–Crippen MR) is 177 cm³/mol. The van der Waals surface area contributed by atoms with Crippen LogP contribution < -0.4 is 10.6 Å². The van der Waals surface area contributed by atoms with E-state index in [-0.39, 0.29) is 36.3 Å². The predicted octanol–water partition coefficient (Wildman–Crippen LogP) is 3.53. The van der Waals surface area contributed by atoms with Gasteiger partial charge in [0.05, 0.1) is 48.2 Å². The number of carbonyl (C=O) groups is 3. The molecule has 0 bridgehead atoms. The zero-order chi connectivity index (χ0) is 31.4. The van der Waals surface area contributed by atoms with Gasteiger partial charge in [-0.25, -0.2) is 14.4 Å². The summed E-state index contributed by atoms with van der Waals surface area (Å²) in [6.07, 6.45) is 0. The molecule has 236 valence electrons. The number of aliphatic imine (C=N–C) groups is 1. The second-order valence-corrected chi connectivity index (χ2v) is 10.7. The number of carbonyl (C=O) groups excluding carboxylic acids is 3. The number of halogens is 1. The molecule has 0 saturated carbocycles. The number of esters is 1. The van der Waals surface area contributed by atoms with Crippen LogP contribution in [0.5, 0.6) is 5.88 Å². The maximum Gasteiger partial charge on any atom is 0.337 e. The van der Waals surface area contributed by atoms with Gasteiger partial charge >= 0.3 is 5.97 Å². The Labute approximate surface area is 267 Å². The summed E-state index contributed by atoms with van der Waals surface area (Å²) in [6.45, 7) is 3.58. The van der Waals surface area contributed by atoms with Crippen LogP contribution in [-0.4, -0.2) is 103 Å². The Kier molecular flexibility index (Phi) is 10.7. The largest absolute Gasteiger partial charge is 0.494 e. The Bertz CT molecular complexity index is 1710. The van der Waals surface area contributed by atoms with Crippen LogP contribution in [0.4, 0.5) is 11.4 Å². The van der Waals surface area contributed by atoms with Crippen molar-refractivity contribution in [3.05, 3.63) is 89.5 Å². The molecule has 12 heteroatoms. The van der Waals surface area contributed by atoms with E-state index in [2.05, 4.69) is 16.8 Å². The molecule has 2 heterocycles. The molecule has 1 fully saturated rings. The molecule has 0 radical (unpaired) electrons. The van der Waals surface area contributed by atoms with Crippen molar-refractivity contribution in [3.63, 3.8) is 0 Å². The van der Waals surface area contributed by atoms with E-state index in [1.54, 1.807) is 36.2 Å². The molecule has 45 heavy (non-hydrogen) atoms. The number of anilines is 1. The number of piperazine rings is 1. The minimum atomic E-state index is -0.579. The monoisotopic (exact) mass is 632 g/mol. The summed E-state index contributed by atoms with van der Waals surface area (Å²) in [7, 11) is 5.11. The molecule has 1 aliphatic heterocycles. The van der Waals surface area contributed by atoms with E-state index in [0.717, 1.165) is 36.4 Å². The van der Waals surface area contributed by atoms with Crippen molar-refractivity contribution in [2.24, 2.45) is 10.7 Å². The van der Waals surface area contributed by atoms with E-state index in [1.807, 2.05) is 42.5 Å². The standard InChI is InChI=1S/C33H36N6O5.ClH/c1-36-15-17-38(18-16-36)21-29(41)37(2)25-12-10-24(11-13-25)35-31(22-7-5-4-6-8-22)30-26-14-9-23(33(43)44-3)19-27(26)39(32(30)42)28(40)20-34;/h4-14,19,42H,15-18,20-21,34H2,1-3H3;1H. The Morgan fingerprint density at radius 1 is 0.956 bits per heavy atom. The molecular formula is C33H37ClN6O5. The summed E-state index contributed by atoms with van der Waals surface area (Å²) in [5.74, 6) is -1.47. The molecule has 3 aromatic carbocycles. The number of aromatic nitrogens is 1. The van der Waals surface area contributed by atoms with Crippen LogP contribution in [0.1, 0.15) is 26.3 Å². The first-order valence-electron chi connectivity index (χ1n) is 14.3. The van der Waals surface area contributed by atoms with Gasteiger partial charge in [0.25, 0.3) is 0 Å². The molecule has 11 nitrogen and oxygen atoms in total. The highest BCUT2D eigenvalue weighted by atomic mass is 35.5. The maximum atomic E-state index is 13.0. The van der Waals surface area contributed by atoms with Crippen molar-refractivity contribution >= 4 is 58.2 Å². The van der Waals surface area contributed by atoms with Crippen molar-refractivity contribution in [2.45, 2.75) is 0 Å². The summed E-state index contributed by atoms with van der Waals surface area (Å²) in [4.78, 5) is 49.2. The molecule has 5 rings (SSSR count). The molecule has 0 spiro atoms. The number of aromatic hydroxyl groups is 1. The maximum absolute atomic E-state index is 13.0. The molecule has 0 aliphatic carbocycles. The zero-order valence-corrected chi connectivity index (χ0v) is 26.3. The lowest BCUT2D eigenvalue weighted by Gasteiger charge is -2.32. The van der Waals surface area contributed by atoms with E-state index in [4.69, 9.17) is 15.5 Å². The molecule has 1 aliphatic rings. The number of fused-ring (bicyclic) bond motifs is 1. The van der Waals surface area contributed by atoms with Crippen LogP contribution in [0.3, 0.4) is 0 Å². The number of ether oxygens (including phenoxy) is 1. The number of rotatable bonds is 8. The van der Waals surface area contributed by atoms with E-state index >= 15 is 0 Å². The Balaban J connectivity index is 0.00000461. The van der Waals surface area contributed by atoms with E-state index in [1.165, 1.54) is 13.2 Å². The summed E-state index contributed by atoms with van der Waals surface area (Å²) in [5.41, 5.74) is 8.93. The minimum Gasteiger partial charge on any atom is -0.494 e. The number of amides is 1. The Hall–Kier alpha value is -4.55. The van der Waals surface area contributed by atoms with Crippen molar-refractivity contribution in [2.75, 3.05) is 65.4 Å². The van der Waals surface area contributed by atoms with E-state index in [9.17, 15) is 19.5 Å². The molecule has 1 saturated heterocycles. The number of likely N-dealkylation sites (N-methyl/N-ethyl adjacent to an activating group) is 2. The lowest BCUT2D eigenvalue weighted by Crippen LogP contribution is -2.48. The average Bonchev–Trinajstić information content (AvgIpc) is 3.34. The van der Waals surface area contributed by atoms with Gasteiger partial charge in [0.2, 0.25) is 17.7 Å². The number of hydrogen-bond acceptors (Lipinski definition) is 9. The van der Waals surface area contributed by atoms with Gasteiger partial charge in [0, 0.05) is 49.9 Å². The lowest BCUT2D eigenvalue weighted by atomic mass is 10.00. The van der Waals surface area contributed by atoms with Crippen LogP contribution in [0.25, 0.3) is 10.9 Å². The fourth-order valence-corrected chi connectivity index (χ4v) is 5.28. The van der Waals surface area contributed by atoms with Gasteiger partial charge in [-0.1, -0.05) is 36.4 Å². The highest BCUT2D eigenvalue weighted by Crippen LogP contribution is 2.35. The third-order valence-corrected chi connectivity index (χ3v) is 7.88. The summed E-state index contributed by atoms with van der Waals surface area (Å²) in [5, 5.41) is 12.0. The molecule has 1 amide bonds. The number of hydrogen-bond donors (Lipinski definition) is 2. The number of methoxy groups -OCH3 is 1. The quantitative estimate of drug-likeness (QED) is 0.223. The minimum absolute atomic E-state index is 0.